The predicted octanol–water partition coefficient (Wildman–Crippen LogP) is 22.0. The summed E-state index contributed by atoms with van der Waals surface area (Å²) in [5, 5.41) is 9.97. The second-order valence-electron chi connectivity index (χ2n) is 29.7. The molecule has 0 atom stereocenters. The Morgan fingerprint density at radius 3 is 0.794 bits per heavy atom. The van der Waals surface area contributed by atoms with Gasteiger partial charge in [-0.25, -0.2) is 0 Å². The van der Waals surface area contributed by atoms with Crippen LogP contribution in [0.25, 0.3) is 110 Å². The molecule has 16 aromatic carbocycles. The summed E-state index contributed by atoms with van der Waals surface area (Å²) in [5.74, 6) is 7.03. The Hall–Kier alpha value is -12.1. The van der Waals surface area contributed by atoms with Gasteiger partial charge in [-0.15, -0.1) is 0 Å². The molecule has 0 saturated heterocycles. The second-order valence-corrected chi connectivity index (χ2v) is 29.7. The molecule has 4 aliphatic rings. The molecular formula is C96H70B2O4. The van der Waals surface area contributed by atoms with Gasteiger partial charge in [0.1, 0.15) is 46.0 Å². The fraction of sp³-hybridized carbons (Fsp3) is 0.0833. The van der Waals surface area contributed by atoms with Crippen LogP contribution in [0.15, 0.2) is 315 Å². The van der Waals surface area contributed by atoms with Crippen LogP contribution in [0.3, 0.4) is 0 Å². The first-order valence-electron chi connectivity index (χ1n) is 35.6. The molecule has 0 aliphatic carbocycles. The van der Waals surface area contributed by atoms with Crippen molar-refractivity contribution in [2.45, 2.75) is 52.4 Å². The molecule has 0 bridgehead atoms. The highest BCUT2D eigenvalue weighted by Gasteiger charge is 2.43. The molecule has 0 amide bonds. The Morgan fingerprint density at radius 2 is 0.461 bits per heavy atom. The minimum atomic E-state index is 0.00309. The van der Waals surface area contributed by atoms with Crippen molar-refractivity contribution in [2.24, 2.45) is 0 Å². The van der Waals surface area contributed by atoms with Crippen LogP contribution in [0.2, 0.25) is 0 Å². The molecule has 0 saturated carbocycles. The Bertz CT molecular complexity index is 5850. The number of ether oxygens (including phenoxy) is 4. The van der Waals surface area contributed by atoms with Crippen LogP contribution in [0.1, 0.15) is 52.7 Å². The Labute approximate surface area is 596 Å². The lowest BCUT2D eigenvalue weighted by Gasteiger charge is -2.35. The van der Waals surface area contributed by atoms with Crippen LogP contribution in [0, 0.1) is 0 Å². The highest BCUT2D eigenvalue weighted by molar-refractivity contribution is 6.99. The normalized spacial score (nSPS) is 12.9. The molecule has 4 nitrogen and oxygen atoms in total. The largest absolute Gasteiger partial charge is 0.458 e. The number of para-hydroxylation sites is 2. The third-order valence-corrected chi connectivity index (χ3v) is 21.5. The highest BCUT2D eigenvalue weighted by Crippen LogP contribution is 2.49. The van der Waals surface area contributed by atoms with Crippen molar-refractivity contribution in [3.8, 4) is 113 Å². The van der Waals surface area contributed by atoms with Gasteiger partial charge < -0.3 is 18.9 Å². The van der Waals surface area contributed by atoms with E-state index in [1.165, 1.54) is 121 Å². The highest BCUT2D eigenvalue weighted by atomic mass is 16.5. The number of hydrogen-bond donors (Lipinski definition) is 0. The third-order valence-electron chi connectivity index (χ3n) is 21.5. The fourth-order valence-electron chi connectivity index (χ4n) is 16.6. The van der Waals surface area contributed by atoms with Crippen molar-refractivity contribution in [3.63, 3.8) is 0 Å². The fourth-order valence-corrected chi connectivity index (χ4v) is 16.6. The summed E-state index contributed by atoms with van der Waals surface area (Å²) in [4.78, 5) is 0. The first-order chi connectivity index (χ1) is 49.8. The van der Waals surface area contributed by atoms with E-state index in [-0.39, 0.29) is 24.3 Å². The summed E-state index contributed by atoms with van der Waals surface area (Å²) in [7, 11) is 0. The van der Waals surface area contributed by atoms with Crippen molar-refractivity contribution in [1.29, 1.82) is 0 Å². The first kappa shape index (κ1) is 61.0. The standard InChI is InChI=1S/C52H43BO2.C44H27BO2/c1-51(2,3)36-23-25-44-42(30-36)53-43-31-37(52(4,5)6)24-26-45(43)55-47-29-35(28-46(54-44)50(47)53)33-17-14-18-34(27-33)49-40-21-12-10-19-38(40)48(32-15-8-7-9-16-32)39-20-11-13-22-41(39)49;1-2-13-28(14-3-1)42-32-17-4-6-19-34(32)43(35-20-7-5-18-33(35)42)30-16-12-15-29(25-30)31-26-40-44-41(27-31)47-39-24-11-9-22-37(39)45(44)36-21-8-10-23-38(36)46-40/h7-31H,1-6H3;1-27H. The zero-order chi connectivity index (χ0) is 68.5. The lowest BCUT2D eigenvalue weighted by atomic mass is 9.34. The molecule has 4 heterocycles. The van der Waals surface area contributed by atoms with Gasteiger partial charge in [-0.05, 0) is 214 Å². The molecule has 0 radical (unpaired) electrons. The Kier molecular flexibility index (Phi) is 14.2. The number of rotatable bonds is 6. The van der Waals surface area contributed by atoms with Crippen LogP contribution in [0.4, 0.5) is 0 Å². The van der Waals surface area contributed by atoms with E-state index in [0.29, 0.717) is 0 Å². The molecule has 20 rings (SSSR count). The third kappa shape index (κ3) is 10.1. The predicted molar refractivity (Wildman–Crippen MR) is 428 cm³/mol. The van der Waals surface area contributed by atoms with E-state index in [9.17, 15) is 0 Å². The first-order valence-corrected chi connectivity index (χ1v) is 35.6. The quantitative estimate of drug-likeness (QED) is 0.123. The van der Waals surface area contributed by atoms with Crippen molar-refractivity contribution in [2.75, 3.05) is 0 Å². The maximum absolute atomic E-state index is 6.87. The van der Waals surface area contributed by atoms with Crippen molar-refractivity contribution in [3.05, 3.63) is 327 Å². The van der Waals surface area contributed by atoms with Gasteiger partial charge in [-0.3, -0.25) is 0 Å². The summed E-state index contributed by atoms with van der Waals surface area (Å²) < 4.78 is 27.0. The van der Waals surface area contributed by atoms with Gasteiger partial charge in [0.2, 0.25) is 0 Å². The Balaban J connectivity index is 0.000000143. The topological polar surface area (TPSA) is 36.9 Å². The summed E-state index contributed by atoms with van der Waals surface area (Å²) >= 11 is 0. The van der Waals surface area contributed by atoms with Crippen molar-refractivity contribution >= 4 is 89.3 Å². The SMILES string of the molecule is CC(C)(C)c1ccc2c(c1)B1c3cc(C(C)(C)C)ccc3Oc3cc(-c4cccc(-c5c6ccccc6c(-c6ccccc6)c6ccccc56)c4)cc(c31)O2.c1ccc(-c2c3ccccc3c(-c3cccc(-c4cc5c6c(c4)Oc4ccccc4B6c4ccccc4O5)c3)c3ccccc23)cc1. The summed E-state index contributed by atoms with van der Waals surface area (Å²) in [6.07, 6.45) is 0. The summed E-state index contributed by atoms with van der Waals surface area (Å²) in [6, 6.07) is 114. The zero-order valence-corrected chi connectivity index (χ0v) is 57.8. The average molecular weight is 1310 g/mol. The van der Waals surface area contributed by atoms with Crippen LogP contribution in [0.5, 0.6) is 46.0 Å². The smallest absolute Gasteiger partial charge is 0.260 e. The van der Waals surface area contributed by atoms with E-state index in [1.807, 2.05) is 12.1 Å². The lowest BCUT2D eigenvalue weighted by Crippen LogP contribution is -2.57. The van der Waals surface area contributed by atoms with E-state index < -0.39 is 0 Å². The maximum atomic E-state index is 6.87. The van der Waals surface area contributed by atoms with E-state index in [4.69, 9.17) is 18.9 Å². The lowest BCUT2D eigenvalue weighted by molar-refractivity contribution is 0.463. The molecule has 0 aromatic heterocycles. The van der Waals surface area contributed by atoms with Gasteiger partial charge in [-0.1, -0.05) is 296 Å². The maximum Gasteiger partial charge on any atom is 0.260 e. The molecule has 0 fully saturated rings. The van der Waals surface area contributed by atoms with E-state index >= 15 is 0 Å². The van der Waals surface area contributed by atoms with Crippen LogP contribution < -0.4 is 51.7 Å². The van der Waals surface area contributed by atoms with E-state index in [0.717, 1.165) is 79.2 Å². The molecule has 0 N–H and O–H groups in total. The molecule has 0 spiro atoms. The van der Waals surface area contributed by atoms with Gasteiger partial charge in [0.05, 0.1) is 0 Å². The summed E-state index contributed by atoms with van der Waals surface area (Å²) in [5.41, 5.74) is 23.7. The monoisotopic (exact) mass is 1310 g/mol. The van der Waals surface area contributed by atoms with E-state index in [2.05, 4.69) is 345 Å². The zero-order valence-electron chi connectivity index (χ0n) is 57.8. The van der Waals surface area contributed by atoms with Crippen LogP contribution >= 0.6 is 0 Å². The molecule has 4 aliphatic heterocycles. The molecule has 16 aromatic rings. The van der Waals surface area contributed by atoms with Gasteiger partial charge >= 0.3 is 0 Å². The van der Waals surface area contributed by atoms with Gasteiger partial charge in [-0.2, -0.15) is 0 Å². The minimum absolute atomic E-state index is 0.00309. The van der Waals surface area contributed by atoms with Crippen molar-refractivity contribution in [1.82, 2.24) is 0 Å². The van der Waals surface area contributed by atoms with Crippen LogP contribution in [-0.4, -0.2) is 13.4 Å². The van der Waals surface area contributed by atoms with Crippen LogP contribution in [-0.2, 0) is 10.8 Å². The molecular weight excluding hydrogens is 1240 g/mol. The van der Waals surface area contributed by atoms with Crippen molar-refractivity contribution < 1.29 is 18.9 Å². The minimum Gasteiger partial charge on any atom is -0.458 e. The summed E-state index contributed by atoms with van der Waals surface area (Å²) in [6.45, 7) is 13.7. The number of fused-ring (bicyclic) bond motifs is 12. The van der Waals surface area contributed by atoms with Gasteiger partial charge in [0.15, 0.2) is 0 Å². The molecule has 484 valence electrons. The van der Waals surface area contributed by atoms with E-state index in [1.54, 1.807) is 0 Å². The molecule has 102 heavy (non-hydrogen) atoms. The van der Waals surface area contributed by atoms with Gasteiger partial charge in [0, 0.05) is 10.9 Å². The number of benzene rings is 16. The Morgan fingerprint density at radius 1 is 0.196 bits per heavy atom. The number of hydrogen-bond acceptors (Lipinski definition) is 4. The second kappa shape index (κ2) is 23.8. The van der Waals surface area contributed by atoms with Gasteiger partial charge in [0.25, 0.3) is 13.4 Å². The average Bonchev–Trinajstić information content (AvgIpc) is 0.732. The molecule has 0 unspecified atom stereocenters. The molecule has 6 heteroatoms.